The van der Waals surface area contributed by atoms with Crippen LogP contribution in [0.4, 0.5) is 18.9 Å². The van der Waals surface area contributed by atoms with Gasteiger partial charge in [-0.05, 0) is 29.8 Å². The topological polar surface area (TPSA) is 51.5 Å². The molecule has 0 amide bonds. The summed E-state index contributed by atoms with van der Waals surface area (Å²) in [6.45, 7) is 7.34. The minimum Gasteiger partial charge on any atom is -0.496 e. The van der Waals surface area contributed by atoms with Crippen LogP contribution in [0.1, 0.15) is 11.1 Å². The Morgan fingerprint density at radius 3 is 2.36 bits per heavy atom. The molecule has 1 aromatic heterocycles. The second kappa shape index (κ2) is 9.09. The molecule has 0 aliphatic rings. The number of methoxy groups -OCH3 is 1. The lowest BCUT2D eigenvalue weighted by atomic mass is 10.1. The molecule has 1 heterocycles. The van der Waals surface area contributed by atoms with Crippen molar-refractivity contribution in [2.24, 2.45) is 0 Å². The minimum atomic E-state index is -4.38. The largest absolute Gasteiger partial charge is 0.496 e. The summed E-state index contributed by atoms with van der Waals surface area (Å²) in [7, 11) is 1.54. The van der Waals surface area contributed by atoms with Crippen molar-refractivity contribution in [2.45, 2.75) is 12.8 Å². The van der Waals surface area contributed by atoms with Gasteiger partial charge in [0.1, 0.15) is 23.9 Å². The van der Waals surface area contributed by atoms with Crippen LogP contribution in [0.25, 0.3) is 27.5 Å². The van der Waals surface area contributed by atoms with Crippen LogP contribution in [-0.4, -0.2) is 17.1 Å². The maximum absolute atomic E-state index is 12.8. The molecule has 5 nitrogen and oxygen atoms in total. The number of imidazole rings is 1. The predicted molar refractivity (Wildman–Crippen MR) is 118 cm³/mol. The van der Waals surface area contributed by atoms with Crippen molar-refractivity contribution in [3.05, 3.63) is 95.5 Å². The second-order valence-corrected chi connectivity index (χ2v) is 7.15. The van der Waals surface area contributed by atoms with E-state index in [1.165, 1.54) is 12.1 Å². The Balaban J connectivity index is 1.51. The van der Waals surface area contributed by atoms with E-state index in [1.807, 2.05) is 18.2 Å². The van der Waals surface area contributed by atoms with Gasteiger partial charge in [-0.25, -0.2) is 9.83 Å². The number of ether oxygens (including phenoxy) is 2. The highest BCUT2D eigenvalue weighted by Crippen LogP contribution is 2.34. The van der Waals surface area contributed by atoms with Crippen molar-refractivity contribution in [1.29, 1.82) is 0 Å². The third kappa shape index (κ3) is 4.99. The number of hydrogen-bond acceptors (Lipinski definition) is 3. The van der Waals surface area contributed by atoms with Gasteiger partial charge in [-0.1, -0.05) is 36.4 Å². The quantitative estimate of drug-likeness (QED) is 0.326. The smallest absolute Gasteiger partial charge is 0.416 e. The molecule has 4 rings (SSSR count). The first kappa shape index (κ1) is 22.0. The SMILES string of the molecule is [C-]#[N+]c1ccc(COc2ccc(-c3cnc(-c4ccc(C(F)(F)F)cc4)[nH]3)c(OC)c2)cc1. The number of aromatic amines is 1. The zero-order chi connectivity index (χ0) is 23.4. The normalized spacial score (nSPS) is 11.1. The number of alkyl halides is 3. The van der Waals surface area contributed by atoms with E-state index in [2.05, 4.69) is 14.8 Å². The highest BCUT2D eigenvalue weighted by Gasteiger charge is 2.30. The average Bonchev–Trinajstić information content (AvgIpc) is 3.32. The fraction of sp³-hybridized carbons (Fsp3) is 0.120. The monoisotopic (exact) mass is 449 g/mol. The van der Waals surface area contributed by atoms with Crippen molar-refractivity contribution >= 4 is 5.69 Å². The van der Waals surface area contributed by atoms with E-state index >= 15 is 0 Å². The van der Waals surface area contributed by atoms with Gasteiger partial charge in [-0.2, -0.15) is 13.2 Å². The standard InChI is InChI=1S/C25H18F3N3O2/c1-29-19-9-3-16(4-10-19)15-33-20-11-12-21(23(13-20)32-2)22-14-30-24(31-22)17-5-7-18(8-6-17)25(26,27)28/h3-14H,15H2,2H3,(H,30,31). The number of H-pyrrole nitrogens is 1. The molecule has 166 valence electrons. The van der Waals surface area contributed by atoms with Gasteiger partial charge < -0.3 is 14.5 Å². The lowest BCUT2D eigenvalue weighted by Crippen LogP contribution is -2.04. The fourth-order valence-electron chi connectivity index (χ4n) is 3.24. The van der Waals surface area contributed by atoms with Gasteiger partial charge >= 0.3 is 6.18 Å². The van der Waals surface area contributed by atoms with Crippen LogP contribution in [-0.2, 0) is 12.8 Å². The summed E-state index contributed by atoms with van der Waals surface area (Å²) in [6.07, 6.45) is -2.78. The van der Waals surface area contributed by atoms with Crippen LogP contribution >= 0.6 is 0 Å². The summed E-state index contributed by atoms with van der Waals surface area (Å²) in [5.41, 5.74) is 2.72. The lowest BCUT2D eigenvalue weighted by Gasteiger charge is -2.11. The van der Waals surface area contributed by atoms with Gasteiger partial charge in [0.15, 0.2) is 5.69 Å². The Hall–Kier alpha value is -4.25. The van der Waals surface area contributed by atoms with Crippen LogP contribution in [0.15, 0.2) is 72.9 Å². The summed E-state index contributed by atoms with van der Waals surface area (Å²) in [5, 5.41) is 0. The molecule has 0 atom stereocenters. The van der Waals surface area contributed by atoms with Crippen LogP contribution in [0.3, 0.4) is 0 Å². The summed E-state index contributed by atoms with van der Waals surface area (Å²) < 4.78 is 49.7. The van der Waals surface area contributed by atoms with Crippen molar-refractivity contribution < 1.29 is 22.6 Å². The van der Waals surface area contributed by atoms with Gasteiger partial charge in [0.05, 0.1) is 31.1 Å². The molecule has 0 unspecified atom stereocenters. The molecular weight excluding hydrogens is 431 g/mol. The Labute approximate surface area is 188 Å². The van der Waals surface area contributed by atoms with Crippen LogP contribution in [0.2, 0.25) is 0 Å². The van der Waals surface area contributed by atoms with E-state index < -0.39 is 11.7 Å². The van der Waals surface area contributed by atoms with Gasteiger partial charge in [-0.15, -0.1) is 0 Å². The summed E-state index contributed by atoms with van der Waals surface area (Å²) in [5.74, 6) is 1.61. The Morgan fingerprint density at radius 2 is 1.73 bits per heavy atom. The number of halogens is 3. The third-order valence-corrected chi connectivity index (χ3v) is 5.00. The van der Waals surface area contributed by atoms with Crippen LogP contribution in [0, 0.1) is 6.57 Å². The zero-order valence-corrected chi connectivity index (χ0v) is 17.5. The number of nitrogens with one attached hydrogen (secondary N) is 1. The maximum Gasteiger partial charge on any atom is 0.416 e. The third-order valence-electron chi connectivity index (χ3n) is 5.00. The van der Waals surface area contributed by atoms with Crippen molar-refractivity contribution in [3.63, 3.8) is 0 Å². The Morgan fingerprint density at radius 1 is 1.00 bits per heavy atom. The van der Waals surface area contributed by atoms with Gasteiger partial charge in [0.25, 0.3) is 0 Å². The summed E-state index contributed by atoms with van der Waals surface area (Å²) >= 11 is 0. The first-order valence-electron chi connectivity index (χ1n) is 9.87. The van der Waals surface area contributed by atoms with Crippen molar-refractivity contribution in [3.8, 4) is 34.1 Å². The van der Waals surface area contributed by atoms with Crippen molar-refractivity contribution in [1.82, 2.24) is 9.97 Å². The predicted octanol–water partition coefficient (Wildman–Crippen LogP) is 6.90. The van der Waals surface area contributed by atoms with Gasteiger partial charge in [0.2, 0.25) is 0 Å². The van der Waals surface area contributed by atoms with E-state index in [-0.39, 0.29) is 0 Å². The molecule has 1 N–H and O–H groups in total. The molecule has 0 bridgehead atoms. The average molecular weight is 449 g/mol. The van der Waals surface area contributed by atoms with Crippen molar-refractivity contribution in [2.75, 3.05) is 7.11 Å². The molecule has 33 heavy (non-hydrogen) atoms. The fourth-order valence-corrected chi connectivity index (χ4v) is 3.24. The second-order valence-electron chi connectivity index (χ2n) is 7.15. The number of rotatable bonds is 6. The van der Waals surface area contributed by atoms with Gasteiger partial charge in [-0.3, -0.25) is 0 Å². The highest BCUT2D eigenvalue weighted by molar-refractivity contribution is 5.71. The molecule has 8 heteroatoms. The molecule has 4 aromatic rings. The minimum absolute atomic E-state index is 0.336. The van der Waals surface area contributed by atoms with E-state index in [0.29, 0.717) is 40.9 Å². The van der Waals surface area contributed by atoms with E-state index in [9.17, 15) is 13.2 Å². The Bertz CT molecular complexity index is 1290. The van der Waals surface area contributed by atoms with E-state index in [0.717, 1.165) is 23.3 Å². The molecule has 0 saturated carbocycles. The van der Waals surface area contributed by atoms with E-state index in [4.69, 9.17) is 16.0 Å². The maximum atomic E-state index is 12.8. The molecule has 0 radical (unpaired) electrons. The molecule has 0 fully saturated rings. The molecule has 0 saturated heterocycles. The molecule has 0 aliphatic carbocycles. The zero-order valence-electron chi connectivity index (χ0n) is 17.5. The van der Waals surface area contributed by atoms with Crippen LogP contribution in [0.5, 0.6) is 11.5 Å². The molecule has 0 aliphatic heterocycles. The molecule has 3 aromatic carbocycles. The number of benzene rings is 3. The number of aromatic nitrogens is 2. The lowest BCUT2D eigenvalue weighted by molar-refractivity contribution is -0.137. The van der Waals surface area contributed by atoms with E-state index in [1.54, 1.807) is 37.6 Å². The van der Waals surface area contributed by atoms with Gasteiger partial charge in [0, 0.05) is 17.2 Å². The van der Waals surface area contributed by atoms with Crippen LogP contribution < -0.4 is 9.47 Å². The first-order chi connectivity index (χ1) is 15.9. The summed E-state index contributed by atoms with van der Waals surface area (Å²) in [6, 6.07) is 17.3. The molecular formula is C25H18F3N3O2. The summed E-state index contributed by atoms with van der Waals surface area (Å²) in [4.78, 5) is 10.8. The Kier molecular flexibility index (Phi) is 6.05. The molecule has 0 spiro atoms. The number of nitrogens with zero attached hydrogens (tertiary/aromatic N) is 2. The highest BCUT2D eigenvalue weighted by atomic mass is 19.4. The number of hydrogen-bond donors (Lipinski definition) is 1. The first-order valence-corrected chi connectivity index (χ1v) is 9.87.